The number of primary amides is 1. The third kappa shape index (κ3) is 3.24. The Bertz CT molecular complexity index is 604. The molecule has 5 nitrogen and oxygen atoms in total. The molecule has 2 aromatic rings. The van der Waals surface area contributed by atoms with Crippen molar-refractivity contribution in [3.05, 3.63) is 47.3 Å². The van der Waals surface area contributed by atoms with Crippen molar-refractivity contribution in [2.45, 2.75) is 26.8 Å². The average molecular weight is 272 g/mol. The predicted molar refractivity (Wildman–Crippen MR) is 78.8 cm³/mol. The van der Waals surface area contributed by atoms with Gasteiger partial charge in [-0.3, -0.25) is 4.79 Å². The molecule has 0 saturated carbocycles. The van der Waals surface area contributed by atoms with Gasteiger partial charge in [0.1, 0.15) is 0 Å². The number of benzene rings is 1. The summed E-state index contributed by atoms with van der Waals surface area (Å²) in [5.74, 6) is -0.464. The molecule has 1 amide bonds. The maximum atomic E-state index is 11.2. The Balaban J connectivity index is 2.31. The lowest BCUT2D eigenvalue weighted by Crippen LogP contribution is -2.16. The van der Waals surface area contributed by atoms with Gasteiger partial charge in [-0.1, -0.05) is 24.6 Å². The van der Waals surface area contributed by atoms with E-state index in [-0.39, 0.29) is 0 Å². The van der Waals surface area contributed by atoms with Crippen molar-refractivity contribution in [2.24, 2.45) is 5.73 Å². The topological polar surface area (TPSA) is 72.9 Å². The van der Waals surface area contributed by atoms with E-state index in [1.807, 2.05) is 12.1 Å². The normalized spacial score (nSPS) is 10.7. The smallest absolute Gasteiger partial charge is 0.251 e. The summed E-state index contributed by atoms with van der Waals surface area (Å²) < 4.78 is 1.70. The number of aromatic nitrogens is 2. The molecule has 1 aromatic carbocycles. The molecule has 3 N–H and O–H groups in total. The van der Waals surface area contributed by atoms with Crippen molar-refractivity contribution in [3.8, 4) is 5.69 Å². The predicted octanol–water partition coefficient (Wildman–Crippen LogP) is 1.78. The van der Waals surface area contributed by atoms with Gasteiger partial charge in [-0.25, -0.2) is 4.68 Å². The molecule has 0 fully saturated rings. The summed E-state index contributed by atoms with van der Waals surface area (Å²) in [6.45, 7) is 5.94. The molecule has 2 rings (SSSR count). The van der Waals surface area contributed by atoms with Crippen LogP contribution in [0.25, 0.3) is 5.69 Å². The second kappa shape index (κ2) is 6.34. The van der Waals surface area contributed by atoms with Crippen LogP contribution in [0.15, 0.2) is 30.6 Å². The minimum atomic E-state index is -0.464. The molecule has 0 aliphatic carbocycles. The fourth-order valence-electron chi connectivity index (χ4n) is 2.06. The number of nitrogens with two attached hydrogens (primary N) is 1. The molecule has 0 atom stereocenters. The number of carbonyl (C=O) groups excluding carboxylic acids is 1. The van der Waals surface area contributed by atoms with Crippen molar-refractivity contribution < 1.29 is 4.79 Å². The first-order valence-corrected chi connectivity index (χ1v) is 6.77. The van der Waals surface area contributed by atoms with Crippen LogP contribution in [-0.2, 0) is 6.54 Å². The zero-order valence-corrected chi connectivity index (χ0v) is 11.9. The van der Waals surface area contributed by atoms with Gasteiger partial charge in [-0.05, 0) is 31.5 Å². The van der Waals surface area contributed by atoms with E-state index in [0.29, 0.717) is 5.56 Å². The van der Waals surface area contributed by atoms with Crippen molar-refractivity contribution in [3.63, 3.8) is 0 Å². The monoisotopic (exact) mass is 272 g/mol. The van der Waals surface area contributed by atoms with Crippen molar-refractivity contribution >= 4 is 5.91 Å². The van der Waals surface area contributed by atoms with Crippen LogP contribution in [0.1, 0.15) is 34.8 Å². The van der Waals surface area contributed by atoms with Gasteiger partial charge < -0.3 is 11.1 Å². The van der Waals surface area contributed by atoms with E-state index in [9.17, 15) is 4.79 Å². The van der Waals surface area contributed by atoms with Gasteiger partial charge in [0.2, 0.25) is 0 Å². The highest BCUT2D eigenvalue weighted by molar-refractivity contribution is 5.92. The van der Waals surface area contributed by atoms with Crippen LogP contribution in [0, 0.1) is 6.92 Å². The van der Waals surface area contributed by atoms with Crippen LogP contribution < -0.4 is 11.1 Å². The van der Waals surface area contributed by atoms with Gasteiger partial charge in [0.05, 0.1) is 17.4 Å². The minimum absolute atomic E-state index is 0.415. The zero-order valence-electron chi connectivity index (χ0n) is 11.9. The molecule has 20 heavy (non-hydrogen) atoms. The zero-order chi connectivity index (χ0) is 14.5. The molecule has 0 saturated heterocycles. The van der Waals surface area contributed by atoms with Gasteiger partial charge >= 0.3 is 0 Å². The summed E-state index contributed by atoms with van der Waals surface area (Å²) in [4.78, 5) is 11.2. The van der Waals surface area contributed by atoms with Crippen LogP contribution in [0.3, 0.4) is 0 Å². The molecule has 106 valence electrons. The van der Waals surface area contributed by atoms with Gasteiger partial charge in [0.25, 0.3) is 5.91 Å². The van der Waals surface area contributed by atoms with Crippen molar-refractivity contribution in [1.29, 1.82) is 0 Å². The average Bonchev–Trinajstić information content (AvgIpc) is 2.89. The molecule has 5 heteroatoms. The van der Waals surface area contributed by atoms with E-state index in [0.717, 1.165) is 30.8 Å². The van der Waals surface area contributed by atoms with Gasteiger partial charge in [0, 0.05) is 12.7 Å². The summed E-state index contributed by atoms with van der Waals surface area (Å²) in [7, 11) is 0. The molecule has 0 aliphatic rings. The fourth-order valence-corrected chi connectivity index (χ4v) is 2.06. The van der Waals surface area contributed by atoms with E-state index < -0.39 is 5.91 Å². The summed E-state index contributed by atoms with van der Waals surface area (Å²) in [5, 5.41) is 7.60. The Hall–Kier alpha value is -2.14. The Labute approximate surface area is 118 Å². The number of hydrogen-bond acceptors (Lipinski definition) is 3. The van der Waals surface area contributed by atoms with Crippen molar-refractivity contribution in [1.82, 2.24) is 15.1 Å². The van der Waals surface area contributed by atoms with Gasteiger partial charge in [0.15, 0.2) is 0 Å². The Kier molecular flexibility index (Phi) is 4.53. The fraction of sp³-hybridized carbons (Fsp3) is 0.333. The molecule has 0 bridgehead atoms. The van der Waals surface area contributed by atoms with E-state index in [2.05, 4.69) is 30.3 Å². The minimum Gasteiger partial charge on any atom is -0.366 e. The highest BCUT2D eigenvalue weighted by Gasteiger charge is 2.09. The lowest BCUT2D eigenvalue weighted by atomic mass is 10.1. The number of rotatable bonds is 6. The highest BCUT2D eigenvalue weighted by Crippen LogP contribution is 2.16. The first-order chi connectivity index (χ1) is 9.61. The number of amides is 1. The van der Waals surface area contributed by atoms with Crippen LogP contribution in [0.2, 0.25) is 0 Å². The summed E-state index contributed by atoms with van der Waals surface area (Å²) >= 11 is 0. The maximum Gasteiger partial charge on any atom is 0.251 e. The standard InChI is InChI=1S/C15H20N4O/c1-3-6-17-8-12-7-11(2)4-5-14(12)19-10-13(9-18-19)15(16)20/h4-5,7,9-10,17H,3,6,8H2,1-2H3,(H2,16,20). The lowest BCUT2D eigenvalue weighted by molar-refractivity contribution is 0.100. The first-order valence-electron chi connectivity index (χ1n) is 6.77. The highest BCUT2D eigenvalue weighted by atomic mass is 16.1. The van der Waals surface area contributed by atoms with Crippen molar-refractivity contribution in [2.75, 3.05) is 6.54 Å². The van der Waals surface area contributed by atoms with Gasteiger partial charge in [-0.2, -0.15) is 5.10 Å². The molecule has 1 aromatic heterocycles. The molecule has 1 heterocycles. The van der Waals surface area contributed by atoms with E-state index in [1.54, 1.807) is 10.9 Å². The molecular formula is C15H20N4O. The maximum absolute atomic E-state index is 11.2. The SMILES string of the molecule is CCCNCc1cc(C)ccc1-n1cc(C(N)=O)cn1. The van der Waals surface area contributed by atoms with Crippen LogP contribution in [0.4, 0.5) is 0 Å². The first kappa shape index (κ1) is 14.3. The van der Waals surface area contributed by atoms with E-state index in [4.69, 9.17) is 5.73 Å². The number of aryl methyl sites for hydroxylation is 1. The molecule has 0 spiro atoms. The quantitative estimate of drug-likeness (QED) is 0.787. The molecule has 0 aliphatic heterocycles. The number of nitrogens with one attached hydrogen (secondary N) is 1. The number of nitrogens with zero attached hydrogens (tertiary/aromatic N) is 2. The molecule has 0 radical (unpaired) electrons. The van der Waals surface area contributed by atoms with Crippen LogP contribution >= 0.6 is 0 Å². The third-order valence-corrected chi connectivity index (χ3v) is 3.09. The summed E-state index contributed by atoms with van der Waals surface area (Å²) in [6, 6.07) is 6.17. The number of carbonyl (C=O) groups is 1. The van der Waals surface area contributed by atoms with Crippen LogP contribution in [-0.4, -0.2) is 22.2 Å². The third-order valence-electron chi connectivity index (χ3n) is 3.09. The Morgan fingerprint density at radius 2 is 2.25 bits per heavy atom. The Morgan fingerprint density at radius 1 is 1.45 bits per heavy atom. The second-order valence-electron chi connectivity index (χ2n) is 4.85. The molecule has 0 unspecified atom stereocenters. The second-order valence-corrected chi connectivity index (χ2v) is 4.85. The summed E-state index contributed by atoms with van der Waals surface area (Å²) in [5.41, 5.74) is 8.99. The lowest BCUT2D eigenvalue weighted by Gasteiger charge is -2.11. The Morgan fingerprint density at radius 3 is 2.90 bits per heavy atom. The van der Waals surface area contributed by atoms with E-state index in [1.165, 1.54) is 11.8 Å². The summed E-state index contributed by atoms with van der Waals surface area (Å²) in [6.07, 6.45) is 4.25. The number of hydrogen-bond donors (Lipinski definition) is 2. The van der Waals surface area contributed by atoms with Crippen LogP contribution in [0.5, 0.6) is 0 Å². The van der Waals surface area contributed by atoms with E-state index >= 15 is 0 Å². The van der Waals surface area contributed by atoms with Gasteiger partial charge in [-0.15, -0.1) is 0 Å². The largest absolute Gasteiger partial charge is 0.366 e. The molecular weight excluding hydrogens is 252 g/mol.